The van der Waals surface area contributed by atoms with Crippen molar-refractivity contribution in [2.75, 3.05) is 5.32 Å². The van der Waals surface area contributed by atoms with Gasteiger partial charge in [0.25, 0.3) is 5.91 Å². The summed E-state index contributed by atoms with van der Waals surface area (Å²) >= 11 is 1.11. The number of carbonyl (C=O) groups excluding carboxylic acids is 1. The number of aryl methyl sites for hydroxylation is 1. The van der Waals surface area contributed by atoms with Crippen LogP contribution < -0.4 is 5.32 Å². The van der Waals surface area contributed by atoms with Crippen molar-refractivity contribution < 1.29 is 18.0 Å². The summed E-state index contributed by atoms with van der Waals surface area (Å²) in [4.78, 5) is 13.2. The van der Waals surface area contributed by atoms with E-state index in [1.54, 1.807) is 36.4 Å². The number of nitrogens with zero attached hydrogens (tertiary/aromatic N) is 2. The molecule has 8 heteroatoms. The van der Waals surface area contributed by atoms with Crippen LogP contribution in [-0.4, -0.2) is 15.7 Å². The smallest absolute Gasteiger partial charge is 0.321 e. The molecule has 0 aliphatic heterocycles. The summed E-state index contributed by atoms with van der Waals surface area (Å²) < 4.78 is 39.4. The molecule has 1 N–H and O–H groups in total. The van der Waals surface area contributed by atoms with Gasteiger partial charge >= 0.3 is 6.18 Å². The van der Waals surface area contributed by atoms with E-state index >= 15 is 0 Å². The van der Waals surface area contributed by atoms with Crippen molar-refractivity contribution in [1.82, 2.24) is 9.78 Å². The summed E-state index contributed by atoms with van der Waals surface area (Å²) in [6.07, 6.45) is -4.50. The van der Waals surface area contributed by atoms with Gasteiger partial charge in [-0.3, -0.25) is 9.48 Å². The highest BCUT2D eigenvalue weighted by Crippen LogP contribution is 2.34. The fourth-order valence-corrected chi connectivity index (χ4v) is 3.10. The van der Waals surface area contributed by atoms with Gasteiger partial charge in [-0.05, 0) is 30.3 Å². The fourth-order valence-electron chi connectivity index (χ4n) is 2.15. The van der Waals surface area contributed by atoms with E-state index in [1.807, 2.05) is 6.07 Å². The summed E-state index contributed by atoms with van der Waals surface area (Å²) in [6.45, 7) is 0. The highest BCUT2D eigenvalue weighted by atomic mass is 32.1. The SMILES string of the molecule is Cn1nc(C(F)(F)F)cc1-c1ccc(C(=O)Nc2ccccc2)s1. The first kappa shape index (κ1) is 16.3. The van der Waals surface area contributed by atoms with Gasteiger partial charge in [0.15, 0.2) is 5.69 Å². The molecule has 0 bridgehead atoms. The van der Waals surface area contributed by atoms with Crippen molar-refractivity contribution in [3.63, 3.8) is 0 Å². The second-order valence-electron chi connectivity index (χ2n) is 5.02. The van der Waals surface area contributed by atoms with Crippen LogP contribution in [0.1, 0.15) is 15.4 Å². The van der Waals surface area contributed by atoms with Crippen molar-refractivity contribution in [3.8, 4) is 10.6 Å². The number of aromatic nitrogens is 2. The number of alkyl halides is 3. The predicted molar refractivity (Wildman–Crippen MR) is 85.9 cm³/mol. The van der Waals surface area contributed by atoms with Crippen LogP contribution >= 0.6 is 11.3 Å². The first-order chi connectivity index (χ1) is 11.3. The lowest BCUT2D eigenvalue weighted by Crippen LogP contribution is -2.09. The summed E-state index contributed by atoms with van der Waals surface area (Å²) in [5.41, 5.74) is 0.00659. The second-order valence-corrected chi connectivity index (χ2v) is 6.10. The average Bonchev–Trinajstić information content (AvgIpc) is 3.14. The molecule has 0 saturated carbocycles. The molecule has 0 atom stereocenters. The quantitative estimate of drug-likeness (QED) is 0.759. The molecule has 1 amide bonds. The minimum absolute atomic E-state index is 0.310. The molecule has 0 radical (unpaired) electrons. The van der Waals surface area contributed by atoms with E-state index in [0.717, 1.165) is 22.1 Å². The molecule has 0 aliphatic carbocycles. The number of nitrogens with one attached hydrogen (secondary N) is 1. The highest BCUT2D eigenvalue weighted by Gasteiger charge is 2.34. The molecule has 2 aromatic heterocycles. The zero-order chi connectivity index (χ0) is 17.3. The average molecular weight is 351 g/mol. The number of amides is 1. The van der Waals surface area contributed by atoms with Crippen LogP contribution in [0.3, 0.4) is 0 Å². The molecule has 0 saturated heterocycles. The Morgan fingerprint density at radius 1 is 1.17 bits per heavy atom. The molecule has 24 heavy (non-hydrogen) atoms. The Hall–Kier alpha value is -2.61. The first-order valence-electron chi connectivity index (χ1n) is 6.92. The molecule has 124 valence electrons. The number of rotatable bonds is 3. The fraction of sp³-hybridized carbons (Fsp3) is 0.125. The summed E-state index contributed by atoms with van der Waals surface area (Å²) in [5.74, 6) is -0.310. The Morgan fingerprint density at radius 2 is 1.88 bits per heavy atom. The van der Waals surface area contributed by atoms with Crippen LogP contribution in [0.2, 0.25) is 0 Å². The van der Waals surface area contributed by atoms with E-state index in [-0.39, 0.29) is 5.91 Å². The van der Waals surface area contributed by atoms with Crippen molar-refractivity contribution in [3.05, 3.63) is 59.1 Å². The number of thiophene rings is 1. The van der Waals surface area contributed by atoms with Gasteiger partial charge in [-0.1, -0.05) is 18.2 Å². The minimum Gasteiger partial charge on any atom is -0.321 e. The van der Waals surface area contributed by atoms with Crippen molar-refractivity contribution in [2.45, 2.75) is 6.18 Å². The van der Waals surface area contributed by atoms with Gasteiger partial charge in [0.05, 0.1) is 15.4 Å². The third-order valence-electron chi connectivity index (χ3n) is 3.28. The highest BCUT2D eigenvalue weighted by molar-refractivity contribution is 7.17. The Morgan fingerprint density at radius 3 is 2.50 bits per heavy atom. The van der Waals surface area contributed by atoms with Crippen molar-refractivity contribution in [2.24, 2.45) is 7.05 Å². The van der Waals surface area contributed by atoms with Gasteiger partial charge in [-0.25, -0.2) is 0 Å². The van der Waals surface area contributed by atoms with Crippen LogP contribution in [0.5, 0.6) is 0 Å². The van der Waals surface area contributed by atoms with Gasteiger partial charge in [0.2, 0.25) is 0 Å². The summed E-state index contributed by atoms with van der Waals surface area (Å²) in [5, 5.41) is 6.21. The molecule has 0 aliphatic rings. The van der Waals surface area contributed by atoms with Gasteiger partial charge in [0, 0.05) is 12.7 Å². The van der Waals surface area contributed by atoms with Gasteiger partial charge in [0.1, 0.15) is 0 Å². The standard InChI is InChI=1S/C16H12F3N3OS/c1-22-11(9-14(21-22)16(17,18)19)12-7-8-13(24-12)15(23)20-10-5-3-2-4-6-10/h2-9H,1H3,(H,20,23). The Kier molecular flexibility index (Phi) is 4.15. The largest absolute Gasteiger partial charge is 0.435 e. The molecule has 3 aromatic rings. The molecule has 0 spiro atoms. The monoisotopic (exact) mass is 351 g/mol. The maximum absolute atomic E-state index is 12.7. The molecule has 0 fully saturated rings. The lowest BCUT2D eigenvalue weighted by molar-refractivity contribution is -0.141. The molecule has 2 heterocycles. The number of carbonyl (C=O) groups is 1. The van der Waals surface area contributed by atoms with E-state index in [4.69, 9.17) is 0 Å². The van der Waals surface area contributed by atoms with E-state index in [2.05, 4.69) is 10.4 Å². The maximum Gasteiger partial charge on any atom is 0.435 e. The lowest BCUT2D eigenvalue weighted by Gasteiger charge is -2.02. The van der Waals surface area contributed by atoms with E-state index in [9.17, 15) is 18.0 Å². The third-order valence-corrected chi connectivity index (χ3v) is 4.39. The zero-order valence-electron chi connectivity index (χ0n) is 12.5. The second kappa shape index (κ2) is 6.12. The Bertz CT molecular complexity index is 868. The minimum atomic E-state index is -4.50. The Balaban J connectivity index is 1.83. The number of hydrogen-bond donors (Lipinski definition) is 1. The number of anilines is 1. The van der Waals surface area contributed by atoms with E-state index < -0.39 is 11.9 Å². The zero-order valence-corrected chi connectivity index (χ0v) is 13.3. The molecular formula is C16H12F3N3OS. The van der Waals surface area contributed by atoms with E-state index in [0.29, 0.717) is 21.1 Å². The molecule has 4 nitrogen and oxygen atoms in total. The normalized spacial score (nSPS) is 11.5. The molecule has 0 unspecified atom stereocenters. The summed E-state index contributed by atoms with van der Waals surface area (Å²) in [6, 6.07) is 13.1. The molecule has 1 aromatic carbocycles. The van der Waals surface area contributed by atoms with Crippen LogP contribution in [0, 0.1) is 0 Å². The van der Waals surface area contributed by atoms with Gasteiger partial charge < -0.3 is 5.32 Å². The summed E-state index contributed by atoms with van der Waals surface area (Å²) in [7, 11) is 1.44. The third kappa shape index (κ3) is 3.33. The van der Waals surface area contributed by atoms with Gasteiger partial charge in [-0.15, -0.1) is 11.3 Å². The van der Waals surface area contributed by atoms with Crippen LogP contribution in [0.25, 0.3) is 10.6 Å². The van der Waals surface area contributed by atoms with Crippen LogP contribution in [0.4, 0.5) is 18.9 Å². The Labute approximate surface area is 139 Å². The lowest BCUT2D eigenvalue weighted by atomic mass is 10.3. The first-order valence-corrected chi connectivity index (χ1v) is 7.74. The van der Waals surface area contributed by atoms with Crippen LogP contribution in [-0.2, 0) is 13.2 Å². The predicted octanol–water partition coefficient (Wildman–Crippen LogP) is 4.42. The number of hydrogen-bond acceptors (Lipinski definition) is 3. The van der Waals surface area contributed by atoms with Crippen molar-refractivity contribution >= 4 is 22.9 Å². The van der Waals surface area contributed by atoms with E-state index in [1.165, 1.54) is 7.05 Å². The topological polar surface area (TPSA) is 46.9 Å². The number of halogens is 3. The molecular weight excluding hydrogens is 339 g/mol. The van der Waals surface area contributed by atoms with Gasteiger partial charge in [-0.2, -0.15) is 18.3 Å². The number of benzene rings is 1. The van der Waals surface area contributed by atoms with Crippen LogP contribution in [0.15, 0.2) is 48.5 Å². The maximum atomic E-state index is 12.7. The number of para-hydroxylation sites is 1. The van der Waals surface area contributed by atoms with Crippen molar-refractivity contribution in [1.29, 1.82) is 0 Å². The molecule has 3 rings (SSSR count).